The summed E-state index contributed by atoms with van der Waals surface area (Å²) in [4.78, 5) is 11.5. The van der Waals surface area contributed by atoms with Crippen LogP contribution in [-0.2, 0) is 5.75 Å². The van der Waals surface area contributed by atoms with Crippen LogP contribution >= 0.6 is 11.8 Å². The van der Waals surface area contributed by atoms with Crippen LogP contribution in [0.4, 0.5) is 0 Å². The zero-order valence-corrected chi connectivity index (χ0v) is 10.5. The van der Waals surface area contributed by atoms with E-state index in [4.69, 9.17) is 5.84 Å². The Kier molecular flexibility index (Phi) is 5.35. The van der Waals surface area contributed by atoms with E-state index in [0.29, 0.717) is 10.8 Å². The molecular formula is C12H18N2OS. The molecule has 3 nitrogen and oxygen atoms in total. The number of amides is 1. The lowest BCUT2D eigenvalue weighted by atomic mass is 10.1. The molecule has 0 aliphatic heterocycles. The number of rotatable bonds is 5. The van der Waals surface area contributed by atoms with Crippen LogP contribution in [0, 0.1) is 0 Å². The minimum atomic E-state index is -0.222. The third kappa shape index (κ3) is 3.54. The monoisotopic (exact) mass is 238 g/mol. The first kappa shape index (κ1) is 13.1. The minimum absolute atomic E-state index is 0.222. The highest BCUT2D eigenvalue weighted by atomic mass is 32.2. The Hall–Kier alpha value is -1.00. The van der Waals surface area contributed by atoms with Gasteiger partial charge in [-0.2, -0.15) is 11.8 Å². The van der Waals surface area contributed by atoms with Crippen molar-refractivity contribution in [3.05, 3.63) is 35.4 Å². The van der Waals surface area contributed by atoms with Gasteiger partial charge in [-0.15, -0.1) is 0 Å². The molecule has 4 heteroatoms. The summed E-state index contributed by atoms with van der Waals surface area (Å²) in [6.45, 7) is 4.35. The predicted molar refractivity (Wildman–Crippen MR) is 69.1 cm³/mol. The summed E-state index contributed by atoms with van der Waals surface area (Å²) in [5, 5.41) is 0.606. The second-order valence-electron chi connectivity index (χ2n) is 3.66. The summed E-state index contributed by atoms with van der Waals surface area (Å²) >= 11 is 1.85. The van der Waals surface area contributed by atoms with E-state index in [-0.39, 0.29) is 5.91 Å². The van der Waals surface area contributed by atoms with Crippen molar-refractivity contribution in [2.75, 3.05) is 0 Å². The Bertz CT molecular complexity index is 355. The van der Waals surface area contributed by atoms with Crippen molar-refractivity contribution in [1.82, 2.24) is 5.43 Å². The van der Waals surface area contributed by atoms with Crippen molar-refractivity contribution < 1.29 is 4.79 Å². The van der Waals surface area contributed by atoms with Gasteiger partial charge >= 0.3 is 0 Å². The molecule has 1 aromatic carbocycles. The van der Waals surface area contributed by atoms with E-state index in [1.54, 1.807) is 6.07 Å². The van der Waals surface area contributed by atoms with Gasteiger partial charge in [0.15, 0.2) is 0 Å². The number of hydrogen-bond donors (Lipinski definition) is 2. The van der Waals surface area contributed by atoms with Gasteiger partial charge in [-0.3, -0.25) is 10.2 Å². The average molecular weight is 238 g/mol. The molecule has 0 bridgehead atoms. The number of nitrogen functional groups attached to an aromatic ring is 1. The Balaban J connectivity index is 2.75. The molecule has 0 spiro atoms. The van der Waals surface area contributed by atoms with E-state index in [2.05, 4.69) is 19.3 Å². The molecule has 0 saturated heterocycles. The van der Waals surface area contributed by atoms with Crippen LogP contribution in [-0.4, -0.2) is 11.2 Å². The molecule has 3 N–H and O–H groups in total. The zero-order valence-electron chi connectivity index (χ0n) is 9.69. The highest BCUT2D eigenvalue weighted by Crippen LogP contribution is 2.21. The highest BCUT2D eigenvalue weighted by Gasteiger charge is 2.10. The molecule has 1 unspecified atom stereocenters. The van der Waals surface area contributed by atoms with Gasteiger partial charge in [0.2, 0.25) is 0 Å². The Morgan fingerprint density at radius 3 is 2.81 bits per heavy atom. The van der Waals surface area contributed by atoms with Crippen molar-refractivity contribution in [2.45, 2.75) is 31.3 Å². The molecule has 88 valence electrons. The van der Waals surface area contributed by atoms with Crippen LogP contribution in [0.2, 0.25) is 0 Å². The quantitative estimate of drug-likeness (QED) is 0.470. The molecule has 1 aromatic rings. The van der Waals surface area contributed by atoms with Crippen LogP contribution < -0.4 is 11.3 Å². The molecule has 1 amide bonds. The first-order chi connectivity index (χ1) is 7.69. The van der Waals surface area contributed by atoms with Gasteiger partial charge in [-0.05, 0) is 18.1 Å². The fourth-order valence-electron chi connectivity index (χ4n) is 1.30. The van der Waals surface area contributed by atoms with Crippen molar-refractivity contribution in [1.29, 1.82) is 0 Å². The molecule has 1 rings (SSSR count). The molecule has 0 aliphatic carbocycles. The van der Waals surface area contributed by atoms with Crippen LogP contribution in [0.25, 0.3) is 0 Å². The van der Waals surface area contributed by atoms with Gasteiger partial charge in [-0.1, -0.05) is 32.0 Å². The van der Waals surface area contributed by atoms with Crippen molar-refractivity contribution in [3.8, 4) is 0 Å². The first-order valence-corrected chi connectivity index (χ1v) is 6.44. The summed E-state index contributed by atoms with van der Waals surface area (Å²) in [7, 11) is 0. The SMILES string of the molecule is CCC(C)SCc1ccccc1C(=O)NN. The number of carbonyl (C=O) groups is 1. The van der Waals surface area contributed by atoms with Crippen molar-refractivity contribution in [3.63, 3.8) is 0 Å². The lowest BCUT2D eigenvalue weighted by Gasteiger charge is -2.11. The lowest BCUT2D eigenvalue weighted by Crippen LogP contribution is -2.30. The molecule has 0 heterocycles. The standard InChI is InChI=1S/C12H18N2OS/c1-3-9(2)16-8-10-6-4-5-7-11(10)12(15)14-13/h4-7,9H,3,8,13H2,1-2H3,(H,14,15). The molecule has 0 aromatic heterocycles. The second-order valence-corrected chi connectivity index (χ2v) is 5.09. The number of carbonyl (C=O) groups excluding carboxylic acids is 1. The van der Waals surface area contributed by atoms with Crippen LogP contribution in [0.3, 0.4) is 0 Å². The van der Waals surface area contributed by atoms with Crippen LogP contribution in [0.1, 0.15) is 36.2 Å². The fourth-order valence-corrected chi connectivity index (χ4v) is 2.25. The number of hydrogen-bond acceptors (Lipinski definition) is 3. The molecule has 1 atom stereocenters. The van der Waals surface area contributed by atoms with E-state index in [0.717, 1.165) is 17.7 Å². The number of benzene rings is 1. The molecule has 16 heavy (non-hydrogen) atoms. The molecule has 0 radical (unpaired) electrons. The highest BCUT2D eigenvalue weighted by molar-refractivity contribution is 7.99. The molecule has 0 fully saturated rings. The maximum atomic E-state index is 11.5. The summed E-state index contributed by atoms with van der Waals surface area (Å²) in [6.07, 6.45) is 1.13. The maximum absolute atomic E-state index is 11.5. The van der Waals surface area contributed by atoms with Crippen LogP contribution in [0.5, 0.6) is 0 Å². The smallest absolute Gasteiger partial charge is 0.265 e. The van der Waals surface area contributed by atoms with Gasteiger partial charge in [0.25, 0.3) is 5.91 Å². The number of nitrogens with one attached hydrogen (secondary N) is 1. The van der Waals surface area contributed by atoms with Gasteiger partial charge in [0, 0.05) is 16.6 Å². The fraction of sp³-hybridized carbons (Fsp3) is 0.417. The van der Waals surface area contributed by atoms with Crippen molar-refractivity contribution in [2.24, 2.45) is 5.84 Å². The maximum Gasteiger partial charge on any atom is 0.265 e. The Morgan fingerprint density at radius 2 is 2.19 bits per heavy atom. The summed E-state index contributed by atoms with van der Waals surface area (Å²) < 4.78 is 0. The first-order valence-electron chi connectivity index (χ1n) is 5.39. The summed E-state index contributed by atoms with van der Waals surface area (Å²) in [5.74, 6) is 5.77. The van der Waals surface area contributed by atoms with E-state index in [9.17, 15) is 4.79 Å². The van der Waals surface area contributed by atoms with E-state index in [1.165, 1.54) is 0 Å². The van der Waals surface area contributed by atoms with Gasteiger partial charge in [0.1, 0.15) is 0 Å². The molecule has 0 aliphatic rings. The number of thioether (sulfide) groups is 1. The lowest BCUT2D eigenvalue weighted by molar-refractivity contribution is 0.0953. The average Bonchev–Trinajstić information content (AvgIpc) is 2.35. The summed E-state index contributed by atoms with van der Waals surface area (Å²) in [6, 6.07) is 7.57. The van der Waals surface area contributed by atoms with Gasteiger partial charge in [0.05, 0.1) is 0 Å². The summed E-state index contributed by atoms with van der Waals surface area (Å²) in [5.41, 5.74) is 3.88. The number of hydrazine groups is 1. The third-order valence-corrected chi connectivity index (χ3v) is 3.87. The Morgan fingerprint density at radius 1 is 1.50 bits per heavy atom. The van der Waals surface area contributed by atoms with E-state index < -0.39 is 0 Å². The van der Waals surface area contributed by atoms with E-state index >= 15 is 0 Å². The Labute approximate surface area is 101 Å². The minimum Gasteiger partial charge on any atom is -0.290 e. The largest absolute Gasteiger partial charge is 0.290 e. The zero-order chi connectivity index (χ0) is 12.0. The predicted octanol–water partition coefficient (Wildman–Crippen LogP) is 2.32. The topological polar surface area (TPSA) is 55.1 Å². The number of nitrogens with two attached hydrogens (primary N) is 1. The molecule has 0 saturated carbocycles. The normalized spacial score (nSPS) is 12.2. The van der Waals surface area contributed by atoms with Gasteiger partial charge in [-0.25, -0.2) is 5.84 Å². The second kappa shape index (κ2) is 6.55. The third-order valence-electron chi connectivity index (χ3n) is 2.49. The van der Waals surface area contributed by atoms with Crippen molar-refractivity contribution >= 4 is 17.7 Å². The van der Waals surface area contributed by atoms with E-state index in [1.807, 2.05) is 30.0 Å². The van der Waals surface area contributed by atoms with Crippen LogP contribution in [0.15, 0.2) is 24.3 Å². The van der Waals surface area contributed by atoms with Gasteiger partial charge < -0.3 is 0 Å². The molecular weight excluding hydrogens is 220 g/mol.